The number of benzene rings is 1. The fraction of sp³-hybridized carbons (Fsp3) is 0.0667. The molecule has 1 N–H and O–H groups in total. The minimum Gasteiger partial charge on any atom is -0.332 e. The Morgan fingerprint density at radius 1 is 1.15 bits per heavy atom. The number of nitrogens with one attached hydrogen (secondary N) is 1. The molecule has 0 unspecified atom stereocenters. The Kier molecular flexibility index (Phi) is 3.99. The van der Waals surface area contributed by atoms with Crippen molar-refractivity contribution < 1.29 is 0 Å². The van der Waals surface area contributed by atoms with Crippen LogP contribution in [0.25, 0.3) is 11.3 Å². The molecule has 3 nitrogen and oxygen atoms in total. The van der Waals surface area contributed by atoms with E-state index in [1.165, 1.54) is 4.90 Å². The van der Waals surface area contributed by atoms with E-state index in [9.17, 15) is 0 Å². The van der Waals surface area contributed by atoms with Gasteiger partial charge in [-0.25, -0.2) is 4.98 Å². The molecule has 3 aromatic rings. The second kappa shape index (κ2) is 6.07. The Morgan fingerprint density at radius 2 is 2.00 bits per heavy atom. The maximum absolute atomic E-state index is 4.60. The van der Waals surface area contributed by atoms with E-state index in [4.69, 9.17) is 0 Å². The summed E-state index contributed by atoms with van der Waals surface area (Å²) in [7, 11) is 0. The first-order valence-electron chi connectivity index (χ1n) is 6.12. The summed E-state index contributed by atoms with van der Waals surface area (Å²) < 4.78 is 0. The molecule has 0 aliphatic rings. The molecule has 0 radical (unpaired) electrons. The summed E-state index contributed by atoms with van der Waals surface area (Å²) in [5.41, 5.74) is 3.12. The van der Waals surface area contributed by atoms with Gasteiger partial charge >= 0.3 is 0 Å². The van der Waals surface area contributed by atoms with Crippen LogP contribution in [0, 0.1) is 0 Å². The van der Waals surface area contributed by atoms with Crippen molar-refractivity contribution in [2.24, 2.45) is 0 Å². The van der Waals surface area contributed by atoms with Crippen molar-refractivity contribution in [2.45, 2.75) is 4.90 Å². The fourth-order valence-corrected chi connectivity index (χ4v) is 3.01. The van der Waals surface area contributed by atoms with E-state index in [2.05, 4.69) is 39.1 Å². The molecule has 2 aromatic heterocycles. The lowest BCUT2D eigenvalue weighted by molar-refractivity contribution is 1.31. The second-order valence-corrected chi connectivity index (χ2v) is 5.87. The number of thioether (sulfide) groups is 1. The Hall–Kier alpha value is -1.85. The Labute approximate surface area is 126 Å². The van der Waals surface area contributed by atoms with Gasteiger partial charge in [-0.3, -0.25) is 4.98 Å². The molecule has 20 heavy (non-hydrogen) atoms. The molecular formula is C15H13N3S2. The molecular weight excluding hydrogens is 286 g/mol. The molecule has 3 rings (SSSR count). The average molecular weight is 299 g/mol. The van der Waals surface area contributed by atoms with Crippen LogP contribution in [-0.4, -0.2) is 16.2 Å². The standard InChI is InChI=1S/C15H13N3S2/c1-19-13-4-2-3-12(9-13)17-15-18-14(10-20-15)11-5-7-16-8-6-11/h2-10H,1H3,(H,17,18). The van der Waals surface area contributed by atoms with Crippen LogP contribution in [0.4, 0.5) is 10.8 Å². The van der Waals surface area contributed by atoms with Gasteiger partial charge in [-0.2, -0.15) is 0 Å². The molecule has 1 aromatic carbocycles. The van der Waals surface area contributed by atoms with Crippen molar-refractivity contribution in [2.75, 3.05) is 11.6 Å². The lowest BCUT2D eigenvalue weighted by Gasteiger charge is -2.04. The highest BCUT2D eigenvalue weighted by Crippen LogP contribution is 2.28. The maximum atomic E-state index is 4.60. The number of anilines is 2. The van der Waals surface area contributed by atoms with Crippen LogP contribution in [0.1, 0.15) is 0 Å². The number of thiazole rings is 1. The Bertz CT molecular complexity index is 695. The van der Waals surface area contributed by atoms with Crippen molar-refractivity contribution in [3.05, 3.63) is 54.2 Å². The zero-order valence-electron chi connectivity index (χ0n) is 10.9. The van der Waals surface area contributed by atoms with E-state index in [1.54, 1.807) is 35.5 Å². The summed E-state index contributed by atoms with van der Waals surface area (Å²) in [6.45, 7) is 0. The van der Waals surface area contributed by atoms with Crippen molar-refractivity contribution in [3.63, 3.8) is 0 Å². The number of hydrogen-bond donors (Lipinski definition) is 1. The van der Waals surface area contributed by atoms with Crippen LogP contribution in [0.15, 0.2) is 59.1 Å². The highest BCUT2D eigenvalue weighted by Gasteiger charge is 2.04. The van der Waals surface area contributed by atoms with Gasteiger partial charge in [0.1, 0.15) is 0 Å². The lowest BCUT2D eigenvalue weighted by atomic mass is 10.2. The third-order valence-electron chi connectivity index (χ3n) is 2.80. The van der Waals surface area contributed by atoms with E-state index in [0.717, 1.165) is 22.1 Å². The Morgan fingerprint density at radius 3 is 2.80 bits per heavy atom. The van der Waals surface area contributed by atoms with Crippen LogP contribution >= 0.6 is 23.1 Å². The topological polar surface area (TPSA) is 37.8 Å². The SMILES string of the molecule is CSc1cccc(Nc2nc(-c3ccncc3)cs2)c1. The minimum atomic E-state index is 0.898. The van der Waals surface area contributed by atoms with Gasteiger partial charge < -0.3 is 5.32 Å². The van der Waals surface area contributed by atoms with E-state index >= 15 is 0 Å². The molecule has 5 heteroatoms. The maximum Gasteiger partial charge on any atom is 0.187 e. The quantitative estimate of drug-likeness (QED) is 0.710. The van der Waals surface area contributed by atoms with Crippen LogP contribution in [0.3, 0.4) is 0 Å². The summed E-state index contributed by atoms with van der Waals surface area (Å²) in [5, 5.41) is 6.30. The number of nitrogens with zero attached hydrogens (tertiary/aromatic N) is 2. The first-order valence-corrected chi connectivity index (χ1v) is 8.22. The molecule has 0 atom stereocenters. The predicted molar refractivity (Wildman–Crippen MR) is 86.9 cm³/mol. The third-order valence-corrected chi connectivity index (χ3v) is 4.28. The van der Waals surface area contributed by atoms with Crippen LogP contribution in [0.5, 0.6) is 0 Å². The number of hydrogen-bond acceptors (Lipinski definition) is 5. The largest absolute Gasteiger partial charge is 0.332 e. The summed E-state index contributed by atoms with van der Waals surface area (Å²) in [6.07, 6.45) is 5.64. The molecule has 100 valence electrons. The van der Waals surface area contributed by atoms with Gasteiger partial charge in [0.15, 0.2) is 5.13 Å². The molecule has 0 saturated heterocycles. The van der Waals surface area contributed by atoms with Gasteiger partial charge in [0.2, 0.25) is 0 Å². The number of rotatable bonds is 4. The zero-order chi connectivity index (χ0) is 13.8. The second-order valence-electron chi connectivity index (χ2n) is 4.13. The molecule has 0 aliphatic heterocycles. The van der Waals surface area contributed by atoms with Gasteiger partial charge in [0.25, 0.3) is 0 Å². The first-order chi connectivity index (χ1) is 9.85. The van der Waals surface area contributed by atoms with Gasteiger partial charge in [0.05, 0.1) is 5.69 Å². The number of pyridine rings is 1. The van der Waals surface area contributed by atoms with E-state index in [-0.39, 0.29) is 0 Å². The van der Waals surface area contributed by atoms with E-state index in [0.29, 0.717) is 0 Å². The third kappa shape index (κ3) is 3.00. The van der Waals surface area contributed by atoms with Crippen molar-refractivity contribution >= 4 is 33.9 Å². The van der Waals surface area contributed by atoms with Crippen LogP contribution in [0.2, 0.25) is 0 Å². The highest BCUT2D eigenvalue weighted by molar-refractivity contribution is 7.98. The Balaban J connectivity index is 1.80. The first kappa shape index (κ1) is 13.1. The molecule has 0 aliphatic carbocycles. The molecule has 0 fully saturated rings. The monoisotopic (exact) mass is 299 g/mol. The summed E-state index contributed by atoms with van der Waals surface area (Å²) in [4.78, 5) is 9.86. The van der Waals surface area contributed by atoms with E-state index in [1.807, 2.05) is 24.3 Å². The molecule has 0 spiro atoms. The minimum absolute atomic E-state index is 0.898. The van der Waals surface area contributed by atoms with Crippen molar-refractivity contribution in [1.82, 2.24) is 9.97 Å². The highest BCUT2D eigenvalue weighted by atomic mass is 32.2. The van der Waals surface area contributed by atoms with Crippen LogP contribution < -0.4 is 5.32 Å². The molecule has 0 saturated carbocycles. The lowest BCUT2D eigenvalue weighted by Crippen LogP contribution is -1.89. The zero-order valence-corrected chi connectivity index (χ0v) is 12.5. The number of aromatic nitrogens is 2. The van der Waals surface area contributed by atoms with Crippen molar-refractivity contribution in [1.29, 1.82) is 0 Å². The predicted octanol–water partition coefficient (Wildman–Crippen LogP) is 4.67. The normalized spacial score (nSPS) is 10.4. The smallest absolute Gasteiger partial charge is 0.187 e. The van der Waals surface area contributed by atoms with Crippen LogP contribution in [-0.2, 0) is 0 Å². The summed E-state index contributed by atoms with van der Waals surface area (Å²) in [6, 6.07) is 12.2. The molecule has 2 heterocycles. The van der Waals surface area contributed by atoms with Gasteiger partial charge in [-0.05, 0) is 36.6 Å². The fourth-order valence-electron chi connectivity index (χ4n) is 1.81. The molecule has 0 amide bonds. The average Bonchev–Trinajstić information content (AvgIpc) is 2.97. The van der Waals surface area contributed by atoms with Gasteiger partial charge in [-0.15, -0.1) is 23.1 Å². The molecule has 0 bridgehead atoms. The van der Waals surface area contributed by atoms with Crippen molar-refractivity contribution in [3.8, 4) is 11.3 Å². The van der Waals surface area contributed by atoms with Gasteiger partial charge in [-0.1, -0.05) is 6.07 Å². The van der Waals surface area contributed by atoms with E-state index < -0.39 is 0 Å². The summed E-state index contributed by atoms with van der Waals surface area (Å²) >= 11 is 3.33. The van der Waals surface area contributed by atoms with Gasteiger partial charge in [0, 0.05) is 33.9 Å². The summed E-state index contributed by atoms with van der Waals surface area (Å²) in [5.74, 6) is 0.